The molecule has 164 valence electrons. The molecule has 2 N–H and O–H groups in total. The van der Waals surface area contributed by atoms with Gasteiger partial charge in [-0.3, -0.25) is 9.69 Å². The number of aromatic nitrogens is 1. The number of benzene rings is 2. The SMILES string of the molecule is CCOc1ccc(C(CC(=O)NCCN2CCOCC2)c2c[nH]c3ccccc23)cc1. The van der Waals surface area contributed by atoms with E-state index < -0.39 is 0 Å². The van der Waals surface area contributed by atoms with Crippen molar-refractivity contribution < 1.29 is 14.3 Å². The number of nitrogens with one attached hydrogen (secondary N) is 2. The molecule has 4 rings (SSSR count). The van der Waals surface area contributed by atoms with E-state index in [1.54, 1.807) is 0 Å². The first kappa shape index (κ1) is 21.4. The van der Waals surface area contributed by atoms with Crippen LogP contribution in [0, 0.1) is 0 Å². The predicted octanol–water partition coefficient (Wildman–Crippen LogP) is 3.54. The molecule has 0 radical (unpaired) electrons. The number of morpholine rings is 1. The summed E-state index contributed by atoms with van der Waals surface area (Å²) in [5, 5.41) is 4.27. The van der Waals surface area contributed by atoms with Gasteiger partial charge in [-0.05, 0) is 36.2 Å². The molecule has 0 spiro atoms. The molecule has 1 fully saturated rings. The molecule has 0 aliphatic carbocycles. The molecular formula is C25H31N3O3. The summed E-state index contributed by atoms with van der Waals surface area (Å²) in [4.78, 5) is 18.6. The largest absolute Gasteiger partial charge is 0.494 e. The van der Waals surface area contributed by atoms with Gasteiger partial charge in [-0.2, -0.15) is 0 Å². The molecule has 1 unspecified atom stereocenters. The number of rotatable bonds is 9. The zero-order valence-electron chi connectivity index (χ0n) is 18.1. The van der Waals surface area contributed by atoms with Gasteiger partial charge in [-0.25, -0.2) is 0 Å². The van der Waals surface area contributed by atoms with Crippen molar-refractivity contribution in [2.75, 3.05) is 46.0 Å². The summed E-state index contributed by atoms with van der Waals surface area (Å²) in [5.41, 5.74) is 3.33. The van der Waals surface area contributed by atoms with E-state index >= 15 is 0 Å². The standard InChI is InChI=1S/C25H31N3O3/c1-2-31-20-9-7-19(8-10-20)22(23-18-27-24-6-4-3-5-21(23)24)17-25(29)26-11-12-28-13-15-30-16-14-28/h3-10,18,22,27H,2,11-17H2,1H3,(H,26,29). The molecule has 31 heavy (non-hydrogen) atoms. The van der Waals surface area contributed by atoms with E-state index in [0.717, 1.165) is 60.6 Å². The maximum Gasteiger partial charge on any atom is 0.220 e. The van der Waals surface area contributed by atoms with Gasteiger partial charge in [0.1, 0.15) is 5.75 Å². The second-order valence-corrected chi connectivity index (χ2v) is 7.85. The van der Waals surface area contributed by atoms with E-state index in [0.29, 0.717) is 19.6 Å². The highest BCUT2D eigenvalue weighted by Gasteiger charge is 2.22. The first-order valence-corrected chi connectivity index (χ1v) is 11.1. The second-order valence-electron chi connectivity index (χ2n) is 7.85. The van der Waals surface area contributed by atoms with E-state index in [-0.39, 0.29) is 11.8 Å². The first-order chi connectivity index (χ1) is 15.2. The van der Waals surface area contributed by atoms with Crippen LogP contribution in [0.25, 0.3) is 10.9 Å². The zero-order chi connectivity index (χ0) is 21.5. The van der Waals surface area contributed by atoms with Gasteiger partial charge in [0, 0.05) is 55.6 Å². The number of hydrogen-bond donors (Lipinski definition) is 2. The lowest BCUT2D eigenvalue weighted by Crippen LogP contribution is -2.41. The molecule has 1 atom stereocenters. The summed E-state index contributed by atoms with van der Waals surface area (Å²) < 4.78 is 11.0. The van der Waals surface area contributed by atoms with Crippen molar-refractivity contribution in [3.05, 3.63) is 65.9 Å². The molecule has 6 heteroatoms. The van der Waals surface area contributed by atoms with Crippen LogP contribution >= 0.6 is 0 Å². The van der Waals surface area contributed by atoms with Crippen LogP contribution in [0.5, 0.6) is 5.75 Å². The van der Waals surface area contributed by atoms with Crippen molar-refractivity contribution in [3.8, 4) is 5.75 Å². The molecule has 2 heterocycles. The zero-order valence-corrected chi connectivity index (χ0v) is 18.1. The third-order valence-electron chi connectivity index (χ3n) is 5.83. The minimum Gasteiger partial charge on any atom is -0.494 e. The smallest absolute Gasteiger partial charge is 0.220 e. The average Bonchev–Trinajstić information content (AvgIpc) is 3.23. The third-order valence-corrected chi connectivity index (χ3v) is 5.83. The van der Waals surface area contributed by atoms with Crippen molar-refractivity contribution >= 4 is 16.8 Å². The monoisotopic (exact) mass is 421 g/mol. The maximum atomic E-state index is 12.9. The third kappa shape index (κ3) is 5.46. The minimum absolute atomic E-state index is 0.0322. The summed E-state index contributed by atoms with van der Waals surface area (Å²) in [5.74, 6) is 0.881. The molecule has 1 aliphatic heterocycles. The average molecular weight is 422 g/mol. The first-order valence-electron chi connectivity index (χ1n) is 11.1. The summed E-state index contributed by atoms with van der Waals surface area (Å²) in [6.45, 7) is 7.53. The molecule has 2 aromatic carbocycles. The van der Waals surface area contributed by atoms with E-state index in [4.69, 9.17) is 9.47 Å². The number of amides is 1. The quantitative estimate of drug-likeness (QED) is 0.555. The number of aromatic amines is 1. The molecule has 0 bridgehead atoms. The Kier molecular flexibility index (Phi) is 7.22. The fraction of sp³-hybridized carbons (Fsp3) is 0.400. The summed E-state index contributed by atoms with van der Waals surface area (Å²) in [6, 6.07) is 16.3. The van der Waals surface area contributed by atoms with Crippen molar-refractivity contribution in [1.29, 1.82) is 0 Å². The van der Waals surface area contributed by atoms with Gasteiger partial charge in [0.05, 0.1) is 19.8 Å². The number of fused-ring (bicyclic) bond motifs is 1. The molecular weight excluding hydrogens is 390 g/mol. The number of carbonyl (C=O) groups excluding carboxylic acids is 1. The Hall–Kier alpha value is -2.83. The van der Waals surface area contributed by atoms with Crippen LogP contribution in [-0.2, 0) is 9.53 Å². The molecule has 1 aromatic heterocycles. The maximum absolute atomic E-state index is 12.9. The van der Waals surface area contributed by atoms with Crippen LogP contribution in [0.2, 0.25) is 0 Å². The molecule has 0 saturated carbocycles. The lowest BCUT2D eigenvalue weighted by molar-refractivity contribution is -0.121. The Morgan fingerprint density at radius 1 is 1.16 bits per heavy atom. The van der Waals surface area contributed by atoms with Crippen LogP contribution in [0.3, 0.4) is 0 Å². The van der Waals surface area contributed by atoms with Crippen LogP contribution in [-0.4, -0.2) is 61.8 Å². The molecule has 1 amide bonds. The highest BCUT2D eigenvalue weighted by atomic mass is 16.5. The Balaban J connectivity index is 1.49. The van der Waals surface area contributed by atoms with Gasteiger partial charge in [0.25, 0.3) is 0 Å². The normalized spacial score (nSPS) is 15.6. The van der Waals surface area contributed by atoms with Crippen molar-refractivity contribution in [2.24, 2.45) is 0 Å². The number of carbonyl (C=O) groups is 1. The Morgan fingerprint density at radius 3 is 2.71 bits per heavy atom. The summed E-state index contributed by atoms with van der Waals surface area (Å²) in [7, 11) is 0. The van der Waals surface area contributed by atoms with E-state index in [1.165, 1.54) is 0 Å². The topological polar surface area (TPSA) is 66.6 Å². The van der Waals surface area contributed by atoms with Crippen molar-refractivity contribution in [1.82, 2.24) is 15.2 Å². The molecule has 6 nitrogen and oxygen atoms in total. The Bertz CT molecular complexity index is 977. The summed E-state index contributed by atoms with van der Waals surface area (Å²) >= 11 is 0. The van der Waals surface area contributed by atoms with Gasteiger partial charge >= 0.3 is 0 Å². The molecule has 1 aliphatic rings. The summed E-state index contributed by atoms with van der Waals surface area (Å²) in [6.07, 6.45) is 2.44. The number of para-hydroxylation sites is 1. The van der Waals surface area contributed by atoms with E-state index in [1.807, 2.05) is 37.4 Å². The lowest BCUT2D eigenvalue weighted by Gasteiger charge is -2.26. The van der Waals surface area contributed by atoms with Crippen LogP contribution < -0.4 is 10.1 Å². The van der Waals surface area contributed by atoms with Crippen LogP contribution in [0.15, 0.2) is 54.7 Å². The van der Waals surface area contributed by atoms with E-state index in [9.17, 15) is 4.79 Å². The van der Waals surface area contributed by atoms with Gasteiger partial charge in [-0.15, -0.1) is 0 Å². The van der Waals surface area contributed by atoms with Crippen molar-refractivity contribution in [2.45, 2.75) is 19.3 Å². The highest BCUT2D eigenvalue weighted by Crippen LogP contribution is 2.34. The second kappa shape index (κ2) is 10.5. The van der Waals surface area contributed by atoms with Crippen LogP contribution in [0.4, 0.5) is 0 Å². The van der Waals surface area contributed by atoms with Crippen LogP contribution in [0.1, 0.15) is 30.4 Å². The van der Waals surface area contributed by atoms with Gasteiger partial charge in [0.2, 0.25) is 5.91 Å². The van der Waals surface area contributed by atoms with Crippen molar-refractivity contribution in [3.63, 3.8) is 0 Å². The Labute approximate surface area is 183 Å². The predicted molar refractivity (Wildman–Crippen MR) is 123 cm³/mol. The number of hydrogen-bond acceptors (Lipinski definition) is 4. The molecule has 1 saturated heterocycles. The van der Waals surface area contributed by atoms with Gasteiger partial charge in [0.15, 0.2) is 0 Å². The Morgan fingerprint density at radius 2 is 1.94 bits per heavy atom. The number of ether oxygens (including phenoxy) is 2. The van der Waals surface area contributed by atoms with Gasteiger partial charge < -0.3 is 19.8 Å². The molecule has 3 aromatic rings. The fourth-order valence-corrected chi connectivity index (χ4v) is 4.19. The minimum atomic E-state index is -0.0322. The van der Waals surface area contributed by atoms with Gasteiger partial charge in [-0.1, -0.05) is 30.3 Å². The fourth-order valence-electron chi connectivity index (χ4n) is 4.19. The lowest BCUT2D eigenvalue weighted by atomic mass is 9.88. The number of nitrogens with zero attached hydrogens (tertiary/aromatic N) is 1. The highest BCUT2D eigenvalue weighted by molar-refractivity contribution is 5.86. The van der Waals surface area contributed by atoms with E-state index in [2.05, 4.69) is 39.5 Å². The number of H-pyrrole nitrogens is 1.